The molecule has 0 radical (unpaired) electrons. The third kappa shape index (κ3) is 3.71. The zero-order valence-corrected chi connectivity index (χ0v) is 12.3. The summed E-state index contributed by atoms with van der Waals surface area (Å²) in [7, 11) is 0. The highest BCUT2D eigenvalue weighted by atomic mass is 16.2. The summed E-state index contributed by atoms with van der Waals surface area (Å²) in [4.78, 5) is 16.5. The molecule has 0 bridgehead atoms. The molecule has 2 amide bonds. The molecule has 5 nitrogen and oxygen atoms in total. The molecule has 0 atom stereocenters. The topological polar surface area (TPSA) is 61.6 Å². The van der Waals surface area contributed by atoms with Crippen molar-refractivity contribution in [1.29, 1.82) is 0 Å². The molecule has 1 heterocycles. The number of hydrogen-bond acceptors (Lipinski definition) is 3. The van der Waals surface area contributed by atoms with E-state index in [2.05, 4.69) is 24.1 Å². The van der Waals surface area contributed by atoms with Crippen molar-refractivity contribution in [3.05, 3.63) is 29.8 Å². The Labute approximate surface area is 120 Å². The van der Waals surface area contributed by atoms with Gasteiger partial charge in [0.15, 0.2) is 0 Å². The average molecular weight is 276 g/mol. The third-order valence-corrected chi connectivity index (χ3v) is 3.75. The molecule has 0 aliphatic carbocycles. The standard InChI is InChI=1S/C15H24N4O/c1-12(2)18-6-8-19(9-7-18)15(20)17-14-5-3-4-13(10-14)11-16/h3-5,10,12H,6-9,11,16H2,1-2H3,(H,17,20). The number of carbonyl (C=O) groups is 1. The smallest absolute Gasteiger partial charge is 0.321 e. The number of anilines is 1. The molecule has 0 spiro atoms. The van der Waals surface area contributed by atoms with Gasteiger partial charge in [-0.1, -0.05) is 12.1 Å². The van der Waals surface area contributed by atoms with Crippen LogP contribution in [0.2, 0.25) is 0 Å². The first-order valence-electron chi connectivity index (χ1n) is 7.19. The van der Waals surface area contributed by atoms with E-state index < -0.39 is 0 Å². The SMILES string of the molecule is CC(C)N1CCN(C(=O)Nc2cccc(CN)c2)CC1. The number of hydrogen-bond donors (Lipinski definition) is 2. The van der Waals surface area contributed by atoms with Gasteiger partial charge in [-0.3, -0.25) is 4.90 Å². The minimum absolute atomic E-state index is 0.0254. The molecular formula is C15H24N4O. The van der Waals surface area contributed by atoms with Gasteiger partial charge in [0, 0.05) is 44.5 Å². The molecular weight excluding hydrogens is 252 g/mol. The van der Waals surface area contributed by atoms with Crippen LogP contribution in [-0.4, -0.2) is 48.1 Å². The molecule has 0 aromatic heterocycles. The van der Waals surface area contributed by atoms with Crippen molar-refractivity contribution in [2.24, 2.45) is 5.73 Å². The van der Waals surface area contributed by atoms with Gasteiger partial charge in [-0.15, -0.1) is 0 Å². The Balaban J connectivity index is 1.89. The van der Waals surface area contributed by atoms with Crippen molar-refractivity contribution < 1.29 is 4.79 Å². The molecule has 110 valence electrons. The Morgan fingerprint density at radius 2 is 2.00 bits per heavy atom. The van der Waals surface area contributed by atoms with Gasteiger partial charge < -0.3 is 16.0 Å². The van der Waals surface area contributed by atoms with Gasteiger partial charge in [-0.2, -0.15) is 0 Å². The van der Waals surface area contributed by atoms with E-state index in [0.29, 0.717) is 12.6 Å². The number of carbonyl (C=O) groups excluding carboxylic acids is 1. The first-order chi connectivity index (χ1) is 9.60. The molecule has 1 aromatic carbocycles. The van der Waals surface area contributed by atoms with Crippen LogP contribution in [0.1, 0.15) is 19.4 Å². The van der Waals surface area contributed by atoms with E-state index in [4.69, 9.17) is 5.73 Å². The number of piperazine rings is 1. The van der Waals surface area contributed by atoms with Crippen molar-refractivity contribution in [1.82, 2.24) is 9.80 Å². The number of amides is 2. The van der Waals surface area contributed by atoms with Gasteiger partial charge in [0.1, 0.15) is 0 Å². The summed E-state index contributed by atoms with van der Waals surface area (Å²) in [5, 5.41) is 2.94. The third-order valence-electron chi connectivity index (χ3n) is 3.75. The van der Waals surface area contributed by atoms with E-state index in [1.54, 1.807) is 0 Å². The van der Waals surface area contributed by atoms with E-state index in [9.17, 15) is 4.79 Å². The van der Waals surface area contributed by atoms with Crippen LogP contribution < -0.4 is 11.1 Å². The van der Waals surface area contributed by atoms with Crippen molar-refractivity contribution in [2.45, 2.75) is 26.4 Å². The van der Waals surface area contributed by atoms with Crippen LogP contribution in [0.5, 0.6) is 0 Å². The lowest BCUT2D eigenvalue weighted by molar-refractivity contribution is 0.125. The van der Waals surface area contributed by atoms with Gasteiger partial charge >= 0.3 is 6.03 Å². The quantitative estimate of drug-likeness (QED) is 0.883. The Kier molecular flexibility index (Phi) is 4.98. The molecule has 3 N–H and O–H groups in total. The first-order valence-corrected chi connectivity index (χ1v) is 7.19. The van der Waals surface area contributed by atoms with Gasteiger partial charge in [0.25, 0.3) is 0 Å². The second-order valence-electron chi connectivity index (χ2n) is 5.45. The van der Waals surface area contributed by atoms with Crippen LogP contribution in [0.3, 0.4) is 0 Å². The fourth-order valence-corrected chi connectivity index (χ4v) is 2.42. The molecule has 0 saturated carbocycles. The second-order valence-corrected chi connectivity index (χ2v) is 5.45. The fraction of sp³-hybridized carbons (Fsp3) is 0.533. The molecule has 1 aliphatic rings. The number of nitrogens with two attached hydrogens (primary N) is 1. The lowest BCUT2D eigenvalue weighted by atomic mass is 10.2. The summed E-state index contributed by atoms with van der Waals surface area (Å²) in [6, 6.07) is 8.19. The molecule has 5 heteroatoms. The van der Waals surface area contributed by atoms with E-state index >= 15 is 0 Å². The molecule has 2 rings (SSSR count). The van der Waals surface area contributed by atoms with Crippen LogP contribution in [0, 0.1) is 0 Å². The van der Waals surface area contributed by atoms with Gasteiger partial charge in [-0.25, -0.2) is 4.79 Å². The van der Waals surface area contributed by atoms with E-state index in [1.165, 1.54) is 0 Å². The summed E-state index contributed by atoms with van der Waals surface area (Å²) < 4.78 is 0. The molecule has 1 aromatic rings. The number of urea groups is 1. The normalized spacial score (nSPS) is 16.5. The number of benzene rings is 1. The van der Waals surface area contributed by atoms with Crippen molar-refractivity contribution >= 4 is 11.7 Å². The molecule has 1 saturated heterocycles. The Morgan fingerprint density at radius 3 is 2.60 bits per heavy atom. The summed E-state index contributed by atoms with van der Waals surface area (Å²) in [5.41, 5.74) is 7.44. The van der Waals surface area contributed by atoms with E-state index in [0.717, 1.165) is 37.4 Å². The predicted octanol–water partition coefficient (Wildman–Crippen LogP) is 1.70. The average Bonchev–Trinajstić information content (AvgIpc) is 2.47. The molecule has 20 heavy (non-hydrogen) atoms. The summed E-state index contributed by atoms with van der Waals surface area (Å²) in [6.45, 7) is 8.29. The maximum absolute atomic E-state index is 12.2. The monoisotopic (exact) mass is 276 g/mol. The lowest BCUT2D eigenvalue weighted by Crippen LogP contribution is -2.51. The fourth-order valence-electron chi connectivity index (χ4n) is 2.42. The summed E-state index contributed by atoms with van der Waals surface area (Å²) in [5.74, 6) is 0. The second kappa shape index (κ2) is 6.72. The van der Waals surface area contributed by atoms with Gasteiger partial charge in [0.05, 0.1) is 0 Å². The number of rotatable bonds is 3. The highest BCUT2D eigenvalue weighted by molar-refractivity contribution is 5.89. The van der Waals surface area contributed by atoms with Crippen LogP contribution in [0.25, 0.3) is 0 Å². The Hall–Kier alpha value is -1.59. The van der Waals surface area contributed by atoms with Crippen LogP contribution in [-0.2, 0) is 6.54 Å². The van der Waals surface area contributed by atoms with E-state index in [-0.39, 0.29) is 6.03 Å². The summed E-state index contributed by atoms with van der Waals surface area (Å²) in [6.07, 6.45) is 0. The van der Waals surface area contributed by atoms with Crippen molar-refractivity contribution in [2.75, 3.05) is 31.5 Å². The van der Waals surface area contributed by atoms with Gasteiger partial charge in [0.2, 0.25) is 0 Å². The molecule has 1 aliphatic heterocycles. The highest BCUT2D eigenvalue weighted by Crippen LogP contribution is 2.12. The Morgan fingerprint density at radius 1 is 1.30 bits per heavy atom. The van der Waals surface area contributed by atoms with Crippen LogP contribution in [0.4, 0.5) is 10.5 Å². The minimum Gasteiger partial charge on any atom is -0.326 e. The first kappa shape index (κ1) is 14.8. The van der Waals surface area contributed by atoms with Crippen molar-refractivity contribution in [3.8, 4) is 0 Å². The summed E-state index contributed by atoms with van der Waals surface area (Å²) >= 11 is 0. The predicted molar refractivity (Wildman–Crippen MR) is 81.6 cm³/mol. The van der Waals surface area contributed by atoms with Crippen LogP contribution in [0.15, 0.2) is 24.3 Å². The lowest BCUT2D eigenvalue weighted by Gasteiger charge is -2.36. The zero-order valence-electron chi connectivity index (χ0n) is 12.3. The largest absolute Gasteiger partial charge is 0.326 e. The number of nitrogens with zero attached hydrogens (tertiary/aromatic N) is 2. The molecule has 0 unspecified atom stereocenters. The maximum atomic E-state index is 12.2. The molecule has 1 fully saturated rings. The highest BCUT2D eigenvalue weighted by Gasteiger charge is 2.22. The number of nitrogens with one attached hydrogen (secondary N) is 1. The van der Waals surface area contributed by atoms with E-state index in [1.807, 2.05) is 29.2 Å². The minimum atomic E-state index is -0.0254. The van der Waals surface area contributed by atoms with Crippen molar-refractivity contribution in [3.63, 3.8) is 0 Å². The van der Waals surface area contributed by atoms with Gasteiger partial charge in [-0.05, 0) is 31.5 Å². The zero-order chi connectivity index (χ0) is 14.5. The maximum Gasteiger partial charge on any atom is 0.321 e. The Bertz CT molecular complexity index is 453. The van der Waals surface area contributed by atoms with Crippen LogP contribution >= 0.6 is 0 Å².